The predicted octanol–water partition coefficient (Wildman–Crippen LogP) is 16.6. The maximum atomic E-state index is 13.8. The normalized spacial score (nSPS) is 13.6. The Hall–Kier alpha value is -6.75. The third-order valence-corrected chi connectivity index (χ3v) is 17.1. The number of nitriles is 1. The molecule has 0 aliphatic heterocycles. The maximum absolute atomic E-state index is 13.8. The molecule has 0 fully saturated rings. The number of halogens is 1. The Kier molecular flexibility index (Phi) is 13.3. The second-order valence-corrected chi connectivity index (χ2v) is 26.8. The van der Waals surface area contributed by atoms with Crippen molar-refractivity contribution in [1.29, 1.82) is 5.26 Å². The Bertz CT molecular complexity index is 3690. The van der Waals surface area contributed by atoms with Gasteiger partial charge in [-0.1, -0.05) is 170 Å². The zero-order chi connectivity index (χ0) is 50.1. The van der Waals surface area contributed by atoms with Crippen LogP contribution in [0.15, 0.2) is 150 Å². The van der Waals surface area contributed by atoms with E-state index in [0.29, 0.717) is 16.7 Å². The first-order valence-electron chi connectivity index (χ1n) is 24.7. The van der Waals surface area contributed by atoms with Crippen molar-refractivity contribution in [1.82, 2.24) is 14.5 Å². The first kappa shape index (κ1) is 50.2. The number of hydrogen-bond acceptors (Lipinski definition) is 4. The van der Waals surface area contributed by atoms with Gasteiger partial charge in [-0.05, 0) is 103 Å². The molecule has 0 amide bonds. The van der Waals surface area contributed by atoms with E-state index in [0.717, 1.165) is 55.7 Å². The third-order valence-electron chi connectivity index (χ3n) is 15.1. The zero-order valence-electron chi connectivity index (χ0n) is 42.9. The molecule has 3 aromatic heterocycles. The smallest absolute Gasteiger partial charge is 0.122 e. The Morgan fingerprint density at radius 2 is 1.31 bits per heavy atom. The van der Waals surface area contributed by atoms with Gasteiger partial charge in [0.05, 0.1) is 42.1 Å². The number of hydrogen-bond donors (Lipinski definition) is 0. The quantitative estimate of drug-likeness (QED) is 0.118. The van der Waals surface area contributed by atoms with Crippen molar-refractivity contribution in [2.45, 2.75) is 97.7 Å². The monoisotopic (exact) mass is 1140 g/mol. The van der Waals surface area contributed by atoms with Crippen LogP contribution in [0.2, 0.25) is 19.6 Å². The van der Waals surface area contributed by atoms with Crippen LogP contribution in [-0.4, -0.2) is 22.6 Å². The van der Waals surface area contributed by atoms with Crippen LogP contribution in [0.25, 0.3) is 83.6 Å². The van der Waals surface area contributed by atoms with E-state index < -0.39 is 8.07 Å². The topological polar surface area (TPSA) is 67.6 Å². The molecule has 0 unspecified atom stereocenters. The van der Waals surface area contributed by atoms with Gasteiger partial charge in [-0.3, -0.25) is 9.37 Å². The van der Waals surface area contributed by atoms with Crippen LogP contribution >= 0.6 is 0 Å². The SMILES string of the molecule is CC(C)c1cc(-c2ccc(-c3ccccc3)cc2)cc(C(C)C)c1-n1c(-c2[c-]ccc3c2oc2cc(C#N)ccc23)nc2ccccc21.CC1(C)c2cc(F)c[c-]c2-c2ncc([Si](C)(C)C)cc2C1(C)C.[Ir]. The number of furan rings is 1. The summed E-state index contributed by atoms with van der Waals surface area (Å²) in [6.45, 7) is 25.0. The van der Waals surface area contributed by atoms with Gasteiger partial charge < -0.3 is 14.0 Å². The van der Waals surface area contributed by atoms with Crippen LogP contribution in [0.3, 0.4) is 0 Å². The van der Waals surface area contributed by atoms with Gasteiger partial charge in [0.1, 0.15) is 5.58 Å². The Morgan fingerprint density at radius 3 is 1.96 bits per heavy atom. The minimum atomic E-state index is -1.43. The fourth-order valence-electron chi connectivity index (χ4n) is 10.3. The summed E-state index contributed by atoms with van der Waals surface area (Å²) in [6.07, 6.45) is 2.01. The van der Waals surface area contributed by atoms with E-state index in [1.807, 2.05) is 36.5 Å². The number of fused-ring (bicyclic) bond motifs is 7. The molecule has 5 nitrogen and oxygen atoms in total. The predicted molar refractivity (Wildman–Crippen MR) is 294 cm³/mol. The number of nitrogens with zero attached hydrogens (tertiary/aromatic N) is 4. The van der Waals surface area contributed by atoms with Crippen molar-refractivity contribution in [2.24, 2.45) is 0 Å². The van der Waals surface area contributed by atoms with Gasteiger partial charge in [0.2, 0.25) is 0 Å². The molecule has 10 aromatic rings. The fourth-order valence-corrected chi connectivity index (χ4v) is 11.3. The van der Waals surface area contributed by atoms with E-state index in [1.54, 1.807) is 12.1 Å². The summed E-state index contributed by atoms with van der Waals surface area (Å²) in [5.41, 5.74) is 17.0. The molecule has 11 rings (SSSR count). The third kappa shape index (κ3) is 8.66. The molecule has 72 heavy (non-hydrogen) atoms. The van der Waals surface area contributed by atoms with Gasteiger partial charge in [0.25, 0.3) is 0 Å². The van der Waals surface area contributed by atoms with E-state index in [9.17, 15) is 9.65 Å². The zero-order valence-corrected chi connectivity index (χ0v) is 46.3. The van der Waals surface area contributed by atoms with E-state index in [1.165, 1.54) is 50.2 Å². The summed E-state index contributed by atoms with van der Waals surface area (Å²) in [6, 6.07) is 56.3. The molecule has 0 saturated carbocycles. The molecule has 363 valence electrons. The molecule has 3 heterocycles. The molecule has 1 aliphatic carbocycles. The Morgan fingerprint density at radius 1 is 0.681 bits per heavy atom. The molecular weight excluding hydrogens is 1080 g/mol. The molecule has 0 atom stereocenters. The number of imidazole rings is 1. The van der Waals surface area contributed by atoms with Gasteiger partial charge in [0, 0.05) is 43.2 Å². The van der Waals surface area contributed by atoms with Gasteiger partial charge in [-0.15, -0.1) is 47.5 Å². The van der Waals surface area contributed by atoms with E-state index >= 15 is 0 Å². The molecule has 0 saturated heterocycles. The van der Waals surface area contributed by atoms with Crippen molar-refractivity contribution in [3.05, 3.63) is 191 Å². The summed E-state index contributed by atoms with van der Waals surface area (Å²) < 4.78 is 22.7. The summed E-state index contributed by atoms with van der Waals surface area (Å²) in [5.74, 6) is 1.04. The van der Waals surface area contributed by atoms with Crippen LogP contribution in [0, 0.1) is 29.3 Å². The van der Waals surface area contributed by atoms with Gasteiger partial charge in [0.15, 0.2) is 0 Å². The van der Waals surface area contributed by atoms with Crippen LogP contribution in [-0.2, 0) is 30.9 Å². The van der Waals surface area contributed by atoms with Crippen LogP contribution in [0.4, 0.5) is 4.39 Å². The second-order valence-electron chi connectivity index (χ2n) is 21.8. The minimum absolute atomic E-state index is 0. The van der Waals surface area contributed by atoms with E-state index in [4.69, 9.17) is 14.4 Å². The summed E-state index contributed by atoms with van der Waals surface area (Å²) in [5, 5.41) is 12.8. The number of rotatable bonds is 7. The molecule has 0 N–H and O–H groups in total. The van der Waals surface area contributed by atoms with Crippen molar-refractivity contribution in [3.8, 4) is 56.7 Å². The average Bonchev–Trinajstić information content (AvgIpc) is 3.94. The van der Waals surface area contributed by atoms with Crippen molar-refractivity contribution >= 4 is 46.2 Å². The summed E-state index contributed by atoms with van der Waals surface area (Å²) in [7, 11) is -1.43. The van der Waals surface area contributed by atoms with Gasteiger partial charge in [-0.2, -0.15) is 5.26 Å². The van der Waals surface area contributed by atoms with Gasteiger partial charge >= 0.3 is 0 Å². The molecule has 1 radical (unpaired) electrons. The standard InChI is InChI=1S/C44H34N3O.C20H25FNSi.Ir/c1-27(2)37-24-33(32-20-18-31(19-21-32)30-11-6-5-7-12-30)25-38(28(3)4)42(37)47-40-16-9-8-15-39(40)46-44(47)36-14-10-13-35-34-22-17-29(26-45)23-41(34)48-43(35)36;1-19(2)16-10-13(21)8-9-15(16)18-17(20(19,3)4)11-14(12-22-18)23(5,6)7;/h5-13,15-25,27-28H,1-4H3;8,10-12H,1-7H3;/q2*-1;. The minimum Gasteiger partial charge on any atom is -0.500 e. The Balaban J connectivity index is 0.000000224. The van der Waals surface area contributed by atoms with Crippen molar-refractivity contribution < 1.29 is 28.9 Å². The number of para-hydroxylation sites is 2. The fraction of sp³-hybridized carbons (Fsp3) is 0.234. The second kappa shape index (κ2) is 19.0. The molecule has 0 bridgehead atoms. The number of benzene rings is 7. The first-order chi connectivity index (χ1) is 33.9. The molecule has 1 aliphatic rings. The molecule has 0 spiro atoms. The summed E-state index contributed by atoms with van der Waals surface area (Å²) >= 11 is 0. The van der Waals surface area contributed by atoms with Crippen molar-refractivity contribution in [2.75, 3.05) is 0 Å². The first-order valence-corrected chi connectivity index (χ1v) is 28.2. The number of aromatic nitrogens is 3. The molecule has 7 aromatic carbocycles. The van der Waals surface area contributed by atoms with E-state index in [2.05, 4.69) is 189 Å². The maximum Gasteiger partial charge on any atom is 0.122 e. The van der Waals surface area contributed by atoms with Gasteiger partial charge in [-0.25, -0.2) is 0 Å². The summed E-state index contributed by atoms with van der Waals surface area (Å²) in [4.78, 5) is 10.1. The molecular formula is C64H59FIrN4OSi-2. The average molecular weight is 1140 g/mol. The number of pyridine rings is 1. The van der Waals surface area contributed by atoms with Crippen LogP contribution < -0.4 is 5.19 Å². The largest absolute Gasteiger partial charge is 0.500 e. The van der Waals surface area contributed by atoms with Crippen molar-refractivity contribution in [3.63, 3.8) is 0 Å². The van der Waals surface area contributed by atoms with E-state index in [-0.39, 0.29) is 48.6 Å². The Labute approximate surface area is 438 Å². The molecule has 8 heteroatoms. The van der Waals surface area contributed by atoms with Crippen LogP contribution in [0.5, 0.6) is 0 Å². The van der Waals surface area contributed by atoms with Crippen LogP contribution in [0.1, 0.15) is 95.0 Å².